The van der Waals surface area contributed by atoms with Crippen molar-refractivity contribution in [3.05, 3.63) is 28.7 Å². The van der Waals surface area contributed by atoms with Gasteiger partial charge in [0.2, 0.25) is 5.60 Å². The zero-order valence-electron chi connectivity index (χ0n) is 8.76. The largest absolute Gasteiger partial charge is 0.479 e. The van der Waals surface area contributed by atoms with Crippen molar-refractivity contribution in [1.29, 1.82) is 0 Å². The molecular weight excluding hydrogens is 290 g/mol. The van der Waals surface area contributed by atoms with E-state index < -0.39 is 17.5 Å². The van der Waals surface area contributed by atoms with Gasteiger partial charge in [0.15, 0.2) is 0 Å². The number of amides is 1. The normalized spacial score (nSPS) is 24.1. The first kappa shape index (κ1) is 12.1. The smallest absolute Gasteiger partial charge is 0.345 e. The number of carboxylic acid groups (broad SMARTS) is 1. The highest BCUT2D eigenvalue weighted by Gasteiger charge is 2.52. The summed E-state index contributed by atoms with van der Waals surface area (Å²) in [6, 6.07) is 6.88. The molecule has 90 valence electrons. The second-order valence-corrected chi connectivity index (χ2v) is 4.76. The van der Waals surface area contributed by atoms with Gasteiger partial charge in [0.05, 0.1) is 0 Å². The summed E-state index contributed by atoms with van der Waals surface area (Å²) in [5.41, 5.74) is -1.71. The fraction of sp³-hybridized carbons (Fsp3) is 0.273. The van der Waals surface area contributed by atoms with Crippen LogP contribution in [0.15, 0.2) is 28.7 Å². The molecule has 1 aliphatic rings. The minimum absolute atomic E-state index is 0.1000. The lowest BCUT2D eigenvalue weighted by Gasteiger charge is -2.18. The fourth-order valence-electron chi connectivity index (χ4n) is 1.77. The lowest BCUT2D eigenvalue weighted by atomic mass is 10.0. The highest BCUT2D eigenvalue weighted by Crippen LogP contribution is 2.29. The molecule has 5 nitrogen and oxygen atoms in total. The van der Waals surface area contributed by atoms with Gasteiger partial charge in [-0.15, -0.1) is 0 Å². The van der Waals surface area contributed by atoms with Crippen LogP contribution in [0, 0.1) is 0 Å². The Labute approximate surface area is 106 Å². The number of carbonyl (C=O) groups is 2. The molecule has 0 spiro atoms. The molecule has 1 fully saturated rings. The number of halogens is 1. The summed E-state index contributed by atoms with van der Waals surface area (Å²) in [7, 11) is 0. The van der Waals surface area contributed by atoms with E-state index in [-0.39, 0.29) is 13.0 Å². The minimum Gasteiger partial charge on any atom is -0.479 e. The van der Waals surface area contributed by atoms with Crippen molar-refractivity contribution in [2.24, 2.45) is 0 Å². The first-order chi connectivity index (χ1) is 7.95. The van der Waals surface area contributed by atoms with E-state index in [9.17, 15) is 14.7 Å². The molecule has 0 saturated carbocycles. The third-order valence-electron chi connectivity index (χ3n) is 2.79. The number of carboxylic acids is 1. The van der Waals surface area contributed by atoms with Crippen molar-refractivity contribution < 1.29 is 19.8 Å². The Morgan fingerprint density at radius 3 is 2.41 bits per heavy atom. The van der Waals surface area contributed by atoms with Crippen LogP contribution < -0.4 is 4.90 Å². The third-order valence-corrected chi connectivity index (χ3v) is 3.32. The number of carbonyl (C=O) groups excluding carboxylic acids is 1. The van der Waals surface area contributed by atoms with Crippen LogP contribution in [0.4, 0.5) is 5.69 Å². The predicted molar refractivity (Wildman–Crippen MR) is 63.7 cm³/mol. The third kappa shape index (κ3) is 1.94. The van der Waals surface area contributed by atoms with Crippen molar-refractivity contribution in [3.63, 3.8) is 0 Å². The van der Waals surface area contributed by atoms with Crippen LogP contribution >= 0.6 is 15.9 Å². The van der Waals surface area contributed by atoms with E-state index in [4.69, 9.17) is 5.11 Å². The molecule has 2 rings (SSSR count). The molecule has 1 aliphatic heterocycles. The fourth-order valence-corrected chi connectivity index (χ4v) is 2.04. The number of hydrogen-bond acceptors (Lipinski definition) is 3. The summed E-state index contributed by atoms with van der Waals surface area (Å²) in [5, 5.41) is 18.6. The molecule has 1 saturated heterocycles. The zero-order valence-corrected chi connectivity index (χ0v) is 10.3. The lowest BCUT2D eigenvalue weighted by Crippen LogP contribution is -2.46. The van der Waals surface area contributed by atoms with E-state index in [2.05, 4.69) is 15.9 Å². The van der Waals surface area contributed by atoms with Crippen LogP contribution in [-0.2, 0) is 9.59 Å². The SMILES string of the molecule is O=C(O)C1(O)CCN(c2ccc(Br)cc2)C1=O. The Balaban J connectivity index is 2.29. The van der Waals surface area contributed by atoms with Crippen LogP contribution in [0.2, 0.25) is 0 Å². The van der Waals surface area contributed by atoms with Gasteiger partial charge in [0.25, 0.3) is 5.91 Å². The summed E-state index contributed by atoms with van der Waals surface area (Å²) in [4.78, 5) is 24.0. The topological polar surface area (TPSA) is 77.8 Å². The average molecular weight is 300 g/mol. The molecule has 1 unspecified atom stereocenters. The van der Waals surface area contributed by atoms with Crippen molar-refractivity contribution in [2.45, 2.75) is 12.0 Å². The number of hydrogen-bond donors (Lipinski definition) is 2. The lowest BCUT2D eigenvalue weighted by molar-refractivity contribution is -0.162. The van der Waals surface area contributed by atoms with Crippen LogP contribution in [0.25, 0.3) is 0 Å². The van der Waals surface area contributed by atoms with Gasteiger partial charge in [-0.05, 0) is 24.3 Å². The van der Waals surface area contributed by atoms with E-state index in [1.54, 1.807) is 24.3 Å². The number of aliphatic carboxylic acids is 1. The average Bonchev–Trinajstić information content (AvgIpc) is 2.59. The van der Waals surface area contributed by atoms with Crippen molar-refractivity contribution in [3.8, 4) is 0 Å². The van der Waals surface area contributed by atoms with Gasteiger partial charge in [-0.1, -0.05) is 15.9 Å². The molecule has 1 amide bonds. The van der Waals surface area contributed by atoms with E-state index in [1.165, 1.54) is 4.90 Å². The second kappa shape index (κ2) is 4.12. The van der Waals surface area contributed by atoms with Gasteiger partial charge < -0.3 is 15.1 Å². The maximum absolute atomic E-state index is 11.8. The standard InChI is InChI=1S/C11H10BrNO4/c12-7-1-3-8(4-2-7)13-6-5-11(17,9(13)14)10(15)16/h1-4,17H,5-6H2,(H,15,16). The van der Waals surface area contributed by atoms with Crippen LogP contribution in [-0.4, -0.2) is 34.2 Å². The Hall–Kier alpha value is -1.40. The van der Waals surface area contributed by atoms with E-state index in [0.717, 1.165) is 4.47 Å². The summed E-state index contributed by atoms with van der Waals surface area (Å²) < 4.78 is 0.862. The summed E-state index contributed by atoms with van der Waals surface area (Å²) >= 11 is 3.27. The Kier molecular flexibility index (Phi) is 2.92. The van der Waals surface area contributed by atoms with Gasteiger partial charge in [0.1, 0.15) is 0 Å². The molecule has 1 heterocycles. The maximum Gasteiger partial charge on any atom is 0.345 e. The summed E-state index contributed by atoms with van der Waals surface area (Å²) in [6.07, 6.45) is -0.1000. The van der Waals surface area contributed by atoms with Gasteiger partial charge in [-0.2, -0.15) is 0 Å². The molecule has 1 aromatic rings. The molecule has 17 heavy (non-hydrogen) atoms. The van der Waals surface area contributed by atoms with Crippen LogP contribution in [0.3, 0.4) is 0 Å². The van der Waals surface area contributed by atoms with Crippen molar-refractivity contribution >= 4 is 33.5 Å². The molecular formula is C11H10BrNO4. The molecule has 2 N–H and O–H groups in total. The first-order valence-electron chi connectivity index (χ1n) is 4.98. The Morgan fingerprint density at radius 1 is 1.35 bits per heavy atom. The zero-order chi connectivity index (χ0) is 12.6. The monoisotopic (exact) mass is 299 g/mol. The highest BCUT2D eigenvalue weighted by atomic mass is 79.9. The number of benzene rings is 1. The predicted octanol–water partition coefficient (Wildman–Crippen LogP) is 1.00. The molecule has 0 aliphatic carbocycles. The van der Waals surface area contributed by atoms with E-state index in [1.807, 2.05) is 0 Å². The highest BCUT2D eigenvalue weighted by molar-refractivity contribution is 9.10. The van der Waals surface area contributed by atoms with Gasteiger partial charge in [-0.3, -0.25) is 4.79 Å². The molecule has 0 radical (unpaired) electrons. The van der Waals surface area contributed by atoms with Crippen LogP contribution in [0.1, 0.15) is 6.42 Å². The number of aliphatic hydroxyl groups is 1. The Morgan fingerprint density at radius 2 is 1.94 bits per heavy atom. The molecule has 0 bridgehead atoms. The van der Waals surface area contributed by atoms with Crippen molar-refractivity contribution in [2.75, 3.05) is 11.4 Å². The van der Waals surface area contributed by atoms with Crippen molar-refractivity contribution in [1.82, 2.24) is 0 Å². The maximum atomic E-state index is 11.8. The van der Waals surface area contributed by atoms with Gasteiger partial charge in [-0.25, -0.2) is 4.79 Å². The number of nitrogens with zero attached hydrogens (tertiary/aromatic N) is 1. The second-order valence-electron chi connectivity index (χ2n) is 3.85. The summed E-state index contributed by atoms with van der Waals surface area (Å²) in [6.45, 7) is 0.198. The number of anilines is 1. The quantitative estimate of drug-likeness (QED) is 0.799. The van der Waals surface area contributed by atoms with E-state index >= 15 is 0 Å². The molecule has 1 atom stereocenters. The van der Waals surface area contributed by atoms with Gasteiger partial charge >= 0.3 is 5.97 Å². The first-order valence-corrected chi connectivity index (χ1v) is 5.78. The van der Waals surface area contributed by atoms with E-state index in [0.29, 0.717) is 5.69 Å². The molecule has 0 aromatic heterocycles. The molecule has 6 heteroatoms. The summed E-state index contributed by atoms with van der Waals surface area (Å²) in [5.74, 6) is -2.28. The van der Waals surface area contributed by atoms with Crippen LogP contribution in [0.5, 0.6) is 0 Å². The van der Waals surface area contributed by atoms with Gasteiger partial charge in [0, 0.05) is 23.1 Å². The minimum atomic E-state index is -2.28. The number of rotatable bonds is 2. The molecule has 1 aromatic carbocycles. The Bertz CT molecular complexity index is 473.